The molecular weight excluding hydrogens is 1030 g/mol. The van der Waals surface area contributed by atoms with Crippen molar-refractivity contribution in [3.05, 3.63) is 35.9 Å². The van der Waals surface area contributed by atoms with Gasteiger partial charge in [-0.25, -0.2) is 0 Å². The van der Waals surface area contributed by atoms with E-state index in [1.54, 1.807) is 30.3 Å². The second-order valence-electron chi connectivity index (χ2n) is 19.8. The molecule has 0 aromatic heterocycles. The summed E-state index contributed by atoms with van der Waals surface area (Å²) in [5.74, 6) is -8.45. The van der Waals surface area contributed by atoms with Crippen molar-refractivity contribution in [1.29, 1.82) is 0 Å². The molecule has 1 aliphatic heterocycles. The third-order valence-electron chi connectivity index (χ3n) is 12.6. The average molecular weight is 1120 g/mol. The predicted molar refractivity (Wildman–Crippen MR) is 290 cm³/mol. The molecule has 2 rings (SSSR count). The van der Waals surface area contributed by atoms with E-state index < -0.39 is 138 Å². The van der Waals surface area contributed by atoms with Crippen LogP contribution in [-0.4, -0.2) is 199 Å². The summed E-state index contributed by atoms with van der Waals surface area (Å²) in [7, 11) is 0. The minimum atomic E-state index is -1.67. The van der Waals surface area contributed by atoms with Crippen LogP contribution in [-0.2, 0) is 54.4 Å². The summed E-state index contributed by atoms with van der Waals surface area (Å²) in [4.78, 5) is 138. The molecule has 0 saturated carbocycles. The standard InChI is InChI=1S/C50H88N16O13/c1-27(2)24-37-47(76)61-35(13-20-54)44(73)60-36(14-21-55)46(75)65-40(28(3)68)49(78)56-22-15-31(26-57-32(10-17-51)42(71)64-38(48(77)63-37)25-30-8-6-5-7-9-30)58-43(72)34(12-19-53)62-50(79)41(29(4)69)66-45(74)33(11-18-52)59-39(70)16-23-67/h5-9,27-29,31-38,40-41,57,67-69H,10-26,51-55H2,1-4H3,(H,56,78)(H,58,72)(H,59,70)(H,60,73)(H,61,76)(H,62,79)(H,63,77)(H,64,71)(H,65,75)(H,66,74)/t28?,29?,31-,32-,33-,34-,35-,36-,37-,38+,40-,41-/m0/s1. The van der Waals surface area contributed by atoms with Gasteiger partial charge in [-0.1, -0.05) is 44.2 Å². The van der Waals surface area contributed by atoms with Gasteiger partial charge in [0.05, 0.1) is 24.9 Å². The zero-order chi connectivity index (χ0) is 59.2. The quantitative estimate of drug-likeness (QED) is 0.0432. The number of hydrogen-bond donors (Lipinski definition) is 19. The highest BCUT2D eigenvalue weighted by molar-refractivity contribution is 5.97. The number of nitrogens with one attached hydrogen (secondary N) is 11. The molecule has 24 N–H and O–H groups in total. The summed E-state index contributed by atoms with van der Waals surface area (Å²) in [6, 6.07) is -4.61. The Labute approximate surface area is 460 Å². The van der Waals surface area contributed by atoms with Crippen molar-refractivity contribution in [2.45, 2.75) is 158 Å². The smallest absolute Gasteiger partial charge is 0.245 e. The van der Waals surface area contributed by atoms with Gasteiger partial charge < -0.3 is 102 Å². The first-order chi connectivity index (χ1) is 37.5. The van der Waals surface area contributed by atoms with Gasteiger partial charge in [-0.2, -0.15) is 0 Å². The molecule has 29 heteroatoms. The molecule has 1 aromatic rings. The Morgan fingerprint density at radius 3 is 1.65 bits per heavy atom. The lowest BCUT2D eigenvalue weighted by Crippen LogP contribution is -2.61. The SMILES string of the molecule is CC(C)C[C@@H]1NC(=O)[C@@H](Cc2ccccc2)NC(=O)[C@H](CCN)NC[C@@H](NC(=O)[C@H](CCN)NC(=O)[C@@H](NC(=O)[C@H](CCN)NC(=O)CCO)C(C)O)CCNC(=O)[C@H](C(C)O)NC(=O)[C@H](CCN)NC(=O)[C@H](CCN)NC1=O. The zero-order valence-electron chi connectivity index (χ0n) is 45.7. The topological polar surface area (TPSA) is 494 Å². The normalized spacial score (nSPS) is 23.4. The minimum absolute atomic E-state index is 0.0115. The Morgan fingerprint density at radius 1 is 0.608 bits per heavy atom. The van der Waals surface area contributed by atoms with E-state index in [0.29, 0.717) is 5.56 Å². The van der Waals surface area contributed by atoms with Crippen molar-refractivity contribution >= 4 is 59.1 Å². The summed E-state index contributed by atoms with van der Waals surface area (Å²) in [6.07, 6.45) is -3.94. The van der Waals surface area contributed by atoms with Crippen molar-refractivity contribution < 1.29 is 63.3 Å². The molecule has 2 unspecified atom stereocenters. The minimum Gasteiger partial charge on any atom is -0.396 e. The summed E-state index contributed by atoms with van der Waals surface area (Å²) in [5.41, 5.74) is 29.9. The fourth-order valence-electron chi connectivity index (χ4n) is 8.32. The monoisotopic (exact) mass is 1120 g/mol. The van der Waals surface area contributed by atoms with Crippen molar-refractivity contribution in [1.82, 2.24) is 58.5 Å². The molecule has 1 aromatic carbocycles. The Bertz CT molecular complexity index is 2120. The fourth-order valence-corrected chi connectivity index (χ4v) is 8.32. The average Bonchev–Trinajstić information content (AvgIpc) is 3.39. The molecule has 1 saturated heterocycles. The molecule has 1 fully saturated rings. The van der Waals surface area contributed by atoms with Crippen LogP contribution in [0.5, 0.6) is 0 Å². The van der Waals surface area contributed by atoms with E-state index >= 15 is 0 Å². The van der Waals surface area contributed by atoms with Crippen LogP contribution in [0.1, 0.15) is 84.6 Å². The first-order valence-corrected chi connectivity index (χ1v) is 26.8. The largest absolute Gasteiger partial charge is 0.396 e. The van der Waals surface area contributed by atoms with Gasteiger partial charge in [0, 0.05) is 32.0 Å². The molecular formula is C50H88N16O13. The molecule has 1 aliphatic rings. The third-order valence-corrected chi connectivity index (χ3v) is 12.6. The van der Waals surface area contributed by atoms with Gasteiger partial charge in [0.15, 0.2) is 0 Å². The molecule has 0 bridgehead atoms. The molecule has 1 heterocycles. The zero-order valence-corrected chi connectivity index (χ0v) is 45.7. The fraction of sp³-hybridized carbons (Fsp3) is 0.680. The molecule has 0 radical (unpaired) electrons. The highest BCUT2D eigenvalue weighted by Crippen LogP contribution is 2.11. The summed E-state index contributed by atoms with van der Waals surface area (Å²) >= 11 is 0. The number of carbonyl (C=O) groups is 10. The number of aliphatic hydroxyl groups excluding tert-OH is 3. The van der Waals surface area contributed by atoms with Gasteiger partial charge in [-0.15, -0.1) is 0 Å². The van der Waals surface area contributed by atoms with Crippen LogP contribution in [0.3, 0.4) is 0 Å². The number of benzene rings is 1. The van der Waals surface area contributed by atoms with Crippen molar-refractivity contribution in [2.24, 2.45) is 34.6 Å². The summed E-state index contributed by atoms with van der Waals surface area (Å²) in [6.45, 7) is 4.61. The van der Waals surface area contributed by atoms with Crippen LogP contribution >= 0.6 is 0 Å². The number of rotatable bonds is 25. The van der Waals surface area contributed by atoms with Crippen molar-refractivity contribution in [2.75, 3.05) is 52.4 Å². The Balaban J connectivity index is 2.68. The van der Waals surface area contributed by atoms with Gasteiger partial charge in [0.25, 0.3) is 0 Å². The van der Waals surface area contributed by atoms with E-state index in [1.165, 1.54) is 13.8 Å². The lowest BCUT2D eigenvalue weighted by atomic mass is 10.00. The third kappa shape index (κ3) is 24.6. The number of amides is 10. The van der Waals surface area contributed by atoms with Crippen molar-refractivity contribution in [3.63, 3.8) is 0 Å². The van der Waals surface area contributed by atoms with E-state index in [-0.39, 0.29) is 110 Å². The molecule has 29 nitrogen and oxygen atoms in total. The van der Waals surface area contributed by atoms with Crippen LogP contribution in [0.4, 0.5) is 0 Å². The lowest BCUT2D eigenvalue weighted by molar-refractivity contribution is -0.136. The number of aliphatic hydroxyl groups is 3. The molecule has 12 atom stereocenters. The number of carbonyl (C=O) groups excluding carboxylic acids is 10. The first kappa shape index (κ1) is 68.7. The van der Waals surface area contributed by atoms with Crippen LogP contribution in [0.2, 0.25) is 0 Å². The van der Waals surface area contributed by atoms with Gasteiger partial charge in [0.2, 0.25) is 59.1 Å². The van der Waals surface area contributed by atoms with Crippen LogP contribution in [0, 0.1) is 5.92 Å². The van der Waals surface area contributed by atoms with E-state index in [0.717, 1.165) is 0 Å². The van der Waals surface area contributed by atoms with E-state index in [2.05, 4.69) is 58.5 Å². The highest BCUT2D eigenvalue weighted by Gasteiger charge is 2.36. The molecule has 446 valence electrons. The Morgan fingerprint density at radius 2 is 1.11 bits per heavy atom. The summed E-state index contributed by atoms with van der Waals surface area (Å²) < 4.78 is 0. The van der Waals surface area contributed by atoms with E-state index in [1.807, 2.05) is 13.8 Å². The van der Waals surface area contributed by atoms with Gasteiger partial charge in [0.1, 0.15) is 48.3 Å². The maximum absolute atomic E-state index is 14.4. The second-order valence-corrected chi connectivity index (χ2v) is 19.8. The maximum atomic E-state index is 14.4. The Kier molecular flexibility index (Phi) is 31.9. The maximum Gasteiger partial charge on any atom is 0.245 e. The van der Waals surface area contributed by atoms with E-state index in [4.69, 9.17) is 33.8 Å². The first-order valence-electron chi connectivity index (χ1n) is 26.8. The molecule has 0 aliphatic carbocycles. The molecule has 79 heavy (non-hydrogen) atoms. The number of hydrogen-bond acceptors (Lipinski definition) is 19. The van der Waals surface area contributed by atoms with Crippen LogP contribution in [0.15, 0.2) is 30.3 Å². The van der Waals surface area contributed by atoms with Crippen LogP contribution in [0.25, 0.3) is 0 Å². The Hall–Kier alpha value is -6.44. The second kappa shape index (κ2) is 36.7. The van der Waals surface area contributed by atoms with Gasteiger partial charge >= 0.3 is 0 Å². The lowest BCUT2D eigenvalue weighted by Gasteiger charge is -2.29. The van der Waals surface area contributed by atoms with E-state index in [9.17, 15) is 58.2 Å². The van der Waals surface area contributed by atoms with Crippen LogP contribution < -0.4 is 87.2 Å². The summed E-state index contributed by atoms with van der Waals surface area (Å²) in [5, 5.41) is 59.5. The van der Waals surface area contributed by atoms with Gasteiger partial charge in [-0.3, -0.25) is 47.9 Å². The van der Waals surface area contributed by atoms with Gasteiger partial charge in [-0.05, 0) is 103 Å². The van der Waals surface area contributed by atoms with Crippen molar-refractivity contribution in [3.8, 4) is 0 Å². The molecule has 0 spiro atoms. The predicted octanol–water partition coefficient (Wildman–Crippen LogP) is -8.00. The number of nitrogens with two attached hydrogens (primary N) is 5. The highest BCUT2D eigenvalue weighted by atomic mass is 16.3. The molecule has 10 amide bonds.